The number of rotatable bonds is 2. The van der Waals surface area contributed by atoms with E-state index in [0.717, 1.165) is 12.8 Å². The molecule has 1 aromatic rings. The Hall–Kier alpha value is -0.910. The predicted molar refractivity (Wildman–Crippen MR) is 80.7 cm³/mol. The van der Waals surface area contributed by atoms with Crippen LogP contribution in [0.3, 0.4) is 0 Å². The molecule has 4 nitrogen and oxygen atoms in total. The van der Waals surface area contributed by atoms with Crippen molar-refractivity contribution in [2.75, 3.05) is 11.5 Å². The van der Waals surface area contributed by atoms with Gasteiger partial charge in [-0.1, -0.05) is 30.3 Å². The lowest BCUT2D eigenvalue weighted by molar-refractivity contribution is -0.000357. The number of benzene rings is 1. The van der Waals surface area contributed by atoms with Gasteiger partial charge in [0.05, 0.1) is 23.7 Å². The van der Waals surface area contributed by atoms with Gasteiger partial charge >= 0.3 is 0 Å². The summed E-state index contributed by atoms with van der Waals surface area (Å²) in [5.74, 6) is -0.253. The fourth-order valence-electron chi connectivity index (χ4n) is 3.94. The van der Waals surface area contributed by atoms with Crippen LogP contribution in [-0.4, -0.2) is 42.3 Å². The molecular weight excluding hydrogens is 288 g/mol. The van der Waals surface area contributed by atoms with Crippen LogP contribution in [0.1, 0.15) is 30.7 Å². The molecule has 0 spiro atoms. The topological polar surface area (TPSA) is 74.6 Å². The summed E-state index contributed by atoms with van der Waals surface area (Å²) in [5.41, 5.74) is 1.24. The van der Waals surface area contributed by atoms with Crippen LogP contribution >= 0.6 is 0 Å². The van der Waals surface area contributed by atoms with E-state index in [-0.39, 0.29) is 23.3 Å². The molecule has 0 bridgehead atoms. The molecule has 5 heteroatoms. The van der Waals surface area contributed by atoms with Crippen molar-refractivity contribution in [2.24, 2.45) is 11.8 Å². The first-order valence-corrected chi connectivity index (χ1v) is 9.40. The quantitative estimate of drug-likeness (QED) is 0.864. The van der Waals surface area contributed by atoms with Crippen LogP contribution in [0.25, 0.3) is 0 Å². The monoisotopic (exact) mass is 310 g/mol. The number of aliphatic hydroxyl groups excluding tert-OH is 2. The molecule has 5 unspecified atom stereocenters. The van der Waals surface area contributed by atoms with Gasteiger partial charge in [0, 0.05) is 5.92 Å². The van der Waals surface area contributed by atoms with E-state index < -0.39 is 22.0 Å². The highest BCUT2D eigenvalue weighted by molar-refractivity contribution is 7.91. The highest BCUT2D eigenvalue weighted by atomic mass is 32.2. The van der Waals surface area contributed by atoms with Gasteiger partial charge in [-0.25, -0.2) is 8.42 Å². The molecule has 0 amide bonds. The minimum absolute atomic E-state index is 0.0113. The van der Waals surface area contributed by atoms with Crippen molar-refractivity contribution in [1.29, 1.82) is 0 Å². The van der Waals surface area contributed by atoms with Crippen LogP contribution in [0, 0.1) is 11.8 Å². The largest absolute Gasteiger partial charge is 0.393 e. The van der Waals surface area contributed by atoms with Gasteiger partial charge in [-0.2, -0.15) is 0 Å². The minimum Gasteiger partial charge on any atom is -0.393 e. The zero-order valence-electron chi connectivity index (χ0n) is 11.9. The van der Waals surface area contributed by atoms with E-state index in [1.807, 2.05) is 18.2 Å². The van der Waals surface area contributed by atoms with Crippen molar-refractivity contribution >= 4 is 9.84 Å². The van der Waals surface area contributed by atoms with Crippen LogP contribution < -0.4 is 0 Å². The number of hydrogen-bond acceptors (Lipinski definition) is 4. The molecule has 3 rings (SSSR count). The molecular formula is C16H22O4S. The molecule has 0 radical (unpaired) electrons. The molecule has 1 saturated heterocycles. The average Bonchev–Trinajstić information content (AvgIpc) is 2.73. The molecule has 21 heavy (non-hydrogen) atoms. The summed E-state index contributed by atoms with van der Waals surface area (Å²) in [7, 11) is -3.16. The molecule has 1 aliphatic heterocycles. The Labute approximate surface area is 125 Å². The Morgan fingerprint density at radius 2 is 1.62 bits per heavy atom. The van der Waals surface area contributed by atoms with Gasteiger partial charge in [0.15, 0.2) is 9.84 Å². The molecule has 116 valence electrons. The second-order valence-electron chi connectivity index (χ2n) is 6.46. The second kappa shape index (κ2) is 5.71. The molecule has 0 aromatic heterocycles. The van der Waals surface area contributed by atoms with Crippen LogP contribution in [0.15, 0.2) is 30.3 Å². The van der Waals surface area contributed by atoms with Gasteiger partial charge in [0.2, 0.25) is 0 Å². The Kier molecular flexibility index (Phi) is 4.08. The van der Waals surface area contributed by atoms with Gasteiger partial charge < -0.3 is 10.2 Å². The standard InChI is InChI=1S/C16H22O4S/c17-15-7-6-12(11-4-2-1-3-5-11)8-13(15)14-9-21(19,20)10-16(14)18/h1-5,12-18H,6-10H2. The van der Waals surface area contributed by atoms with E-state index in [2.05, 4.69) is 12.1 Å². The maximum absolute atomic E-state index is 11.7. The number of aliphatic hydroxyl groups is 2. The first-order valence-electron chi connectivity index (χ1n) is 7.58. The van der Waals surface area contributed by atoms with Gasteiger partial charge in [0.1, 0.15) is 0 Å². The molecule has 1 aromatic carbocycles. The van der Waals surface area contributed by atoms with Crippen molar-refractivity contribution < 1.29 is 18.6 Å². The Balaban J connectivity index is 1.78. The summed E-state index contributed by atoms with van der Waals surface area (Å²) in [6.45, 7) is 0. The summed E-state index contributed by atoms with van der Waals surface area (Å²) in [6.07, 6.45) is 1.01. The first kappa shape index (κ1) is 15.0. The van der Waals surface area contributed by atoms with Crippen LogP contribution in [0.5, 0.6) is 0 Å². The highest BCUT2D eigenvalue weighted by Gasteiger charge is 2.45. The van der Waals surface area contributed by atoms with Gasteiger partial charge in [0.25, 0.3) is 0 Å². The second-order valence-corrected chi connectivity index (χ2v) is 8.61. The van der Waals surface area contributed by atoms with E-state index >= 15 is 0 Å². The third kappa shape index (κ3) is 3.15. The molecule has 2 aliphatic rings. The van der Waals surface area contributed by atoms with E-state index in [4.69, 9.17) is 0 Å². The van der Waals surface area contributed by atoms with Crippen LogP contribution in [0.2, 0.25) is 0 Å². The maximum atomic E-state index is 11.7. The summed E-state index contributed by atoms with van der Waals surface area (Å²) in [6, 6.07) is 10.2. The Bertz CT molecular complexity index is 584. The predicted octanol–water partition coefficient (Wildman–Crippen LogP) is 1.34. The number of sulfone groups is 1. The normalized spacial score (nSPS) is 39.2. The fourth-order valence-corrected chi connectivity index (χ4v) is 5.90. The lowest BCUT2D eigenvalue weighted by Gasteiger charge is -2.37. The van der Waals surface area contributed by atoms with Crippen molar-refractivity contribution in [1.82, 2.24) is 0 Å². The average molecular weight is 310 g/mol. The molecule has 2 fully saturated rings. The van der Waals surface area contributed by atoms with E-state index in [1.54, 1.807) is 0 Å². The summed E-state index contributed by atoms with van der Waals surface area (Å²) in [5, 5.41) is 20.3. The fraction of sp³-hybridized carbons (Fsp3) is 0.625. The van der Waals surface area contributed by atoms with Gasteiger partial charge in [-0.3, -0.25) is 0 Å². The van der Waals surface area contributed by atoms with Crippen LogP contribution in [-0.2, 0) is 9.84 Å². The van der Waals surface area contributed by atoms with Crippen molar-refractivity contribution in [3.63, 3.8) is 0 Å². The minimum atomic E-state index is -3.16. The van der Waals surface area contributed by atoms with Gasteiger partial charge in [-0.05, 0) is 36.7 Å². The van der Waals surface area contributed by atoms with Crippen LogP contribution in [0.4, 0.5) is 0 Å². The molecule has 1 aliphatic carbocycles. The summed E-state index contributed by atoms with van der Waals surface area (Å²) < 4.78 is 23.4. The lowest BCUT2D eigenvalue weighted by Crippen LogP contribution is -2.38. The van der Waals surface area contributed by atoms with Crippen molar-refractivity contribution in [3.05, 3.63) is 35.9 Å². The zero-order valence-corrected chi connectivity index (χ0v) is 12.7. The lowest BCUT2D eigenvalue weighted by atomic mass is 9.70. The smallest absolute Gasteiger partial charge is 0.153 e. The highest BCUT2D eigenvalue weighted by Crippen LogP contribution is 2.42. The zero-order chi connectivity index (χ0) is 15.0. The summed E-state index contributed by atoms with van der Waals surface area (Å²) >= 11 is 0. The SMILES string of the molecule is O=S1(=O)CC(O)C(C2CC(c3ccccc3)CCC2O)C1. The molecule has 1 heterocycles. The molecule has 1 saturated carbocycles. The Morgan fingerprint density at radius 3 is 2.24 bits per heavy atom. The molecule has 2 N–H and O–H groups in total. The first-order chi connectivity index (χ1) is 9.96. The third-order valence-electron chi connectivity index (χ3n) is 5.05. The molecule has 5 atom stereocenters. The Morgan fingerprint density at radius 1 is 0.905 bits per heavy atom. The van der Waals surface area contributed by atoms with Gasteiger partial charge in [-0.15, -0.1) is 0 Å². The summed E-state index contributed by atoms with van der Waals surface area (Å²) in [4.78, 5) is 0. The van der Waals surface area contributed by atoms with Crippen molar-refractivity contribution in [2.45, 2.75) is 37.4 Å². The third-order valence-corrected chi connectivity index (χ3v) is 6.79. The van der Waals surface area contributed by atoms with E-state index in [1.165, 1.54) is 5.56 Å². The van der Waals surface area contributed by atoms with E-state index in [0.29, 0.717) is 12.3 Å². The van der Waals surface area contributed by atoms with E-state index in [9.17, 15) is 18.6 Å². The van der Waals surface area contributed by atoms with Crippen molar-refractivity contribution in [3.8, 4) is 0 Å². The number of hydrogen-bond donors (Lipinski definition) is 2. The maximum Gasteiger partial charge on any atom is 0.153 e.